The highest BCUT2D eigenvalue weighted by Crippen LogP contribution is 2.28. The fraction of sp³-hybridized carbons (Fsp3) is 0.526. The number of aromatic nitrogens is 1. The van der Waals surface area contributed by atoms with Crippen LogP contribution >= 0.6 is 11.6 Å². The van der Waals surface area contributed by atoms with Gasteiger partial charge in [0.05, 0.1) is 13.0 Å². The molecule has 1 N–H and O–H groups in total. The summed E-state index contributed by atoms with van der Waals surface area (Å²) in [5, 5.41) is 3.40. The van der Waals surface area contributed by atoms with Crippen LogP contribution in [0, 0.1) is 5.92 Å². The lowest BCUT2D eigenvalue weighted by Crippen LogP contribution is -2.38. The molecule has 146 valence electrons. The van der Waals surface area contributed by atoms with Crippen molar-refractivity contribution in [3.8, 4) is 0 Å². The number of fused-ring (bicyclic) bond motifs is 1. The lowest BCUT2D eigenvalue weighted by Gasteiger charge is -2.31. The standard InChI is InChI=1S/C19H24ClN3O4/c1-2-26-18(25)7-8-21-17(24)10-13-4-3-9-23(12-13)19-22-15-6-5-14(20)11-16(15)27-19/h5-6,11,13H,2-4,7-10,12H2,1H3,(H,21,24). The van der Waals surface area contributed by atoms with Crippen LogP contribution in [-0.2, 0) is 14.3 Å². The molecule has 1 atom stereocenters. The molecule has 8 heteroatoms. The second-order valence-electron chi connectivity index (χ2n) is 6.67. The first-order valence-electron chi connectivity index (χ1n) is 9.28. The Labute approximate surface area is 163 Å². The van der Waals surface area contributed by atoms with Gasteiger partial charge in [0.2, 0.25) is 5.91 Å². The lowest BCUT2D eigenvalue weighted by atomic mass is 9.94. The largest absolute Gasteiger partial charge is 0.466 e. The summed E-state index contributed by atoms with van der Waals surface area (Å²) in [6.45, 7) is 3.98. The molecule has 1 aromatic heterocycles. The average Bonchev–Trinajstić information content (AvgIpc) is 3.05. The number of rotatable bonds is 7. The maximum atomic E-state index is 12.1. The Morgan fingerprint density at radius 3 is 3.11 bits per heavy atom. The lowest BCUT2D eigenvalue weighted by molar-refractivity contribution is -0.143. The molecule has 2 heterocycles. The molecule has 0 aliphatic carbocycles. The van der Waals surface area contributed by atoms with Crippen LogP contribution in [0.2, 0.25) is 5.02 Å². The minimum absolute atomic E-state index is 0.0458. The summed E-state index contributed by atoms with van der Waals surface area (Å²) in [4.78, 5) is 30.0. The zero-order valence-corrected chi connectivity index (χ0v) is 16.1. The van der Waals surface area contributed by atoms with Gasteiger partial charge in [-0.05, 0) is 37.8 Å². The van der Waals surface area contributed by atoms with E-state index in [0.717, 1.165) is 24.9 Å². The monoisotopic (exact) mass is 393 g/mol. The van der Waals surface area contributed by atoms with Gasteiger partial charge in [-0.1, -0.05) is 11.6 Å². The van der Waals surface area contributed by atoms with Crippen LogP contribution in [-0.4, -0.2) is 43.1 Å². The third-order valence-corrected chi connectivity index (χ3v) is 4.79. The van der Waals surface area contributed by atoms with Crippen LogP contribution in [0.3, 0.4) is 0 Å². The van der Waals surface area contributed by atoms with Crippen LogP contribution in [0.15, 0.2) is 22.6 Å². The highest BCUT2D eigenvalue weighted by Gasteiger charge is 2.25. The van der Waals surface area contributed by atoms with Gasteiger partial charge in [-0.3, -0.25) is 9.59 Å². The minimum atomic E-state index is -0.294. The summed E-state index contributed by atoms with van der Waals surface area (Å²) in [7, 11) is 0. The van der Waals surface area contributed by atoms with Gasteiger partial charge in [0.25, 0.3) is 6.01 Å². The number of oxazole rings is 1. The van der Waals surface area contributed by atoms with Crippen molar-refractivity contribution in [1.29, 1.82) is 0 Å². The Kier molecular flexibility index (Phi) is 6.55. The quantitative estimate of drug-likeness (QED) is 0.727. The molecule has 1 saturated heterocycles. The van der Waals surface area contributed by atoms with Gasteiger partial charge in [0.1, 0.15) is 5.52 Å². The first-order valence-corrected chi connectivity index (χ1v) is 9.66. The van der Waals surface area contributed by atoms with Crippen LogP contribution < -0.4 is 10.2 Å². The van der Waals surface area contributed by atoms with Gasteiger partial charge in [-0.2, -0.15) is 4.98 Å². The number of amides is 1. The van der Waals surface area contributed by atoms with Crippen molar-refractivity contribution < 1.29 is 18.7 Å². The summed E-state index contributed by atoms with van der Waals surface area (Å²) < 4.78 is 10.7. The van der Waals surface area contributed by atoms with E-state index >= 15 is 0 Å². The molecule has 0 spiro atoms. The molecule has 1 aliphatic heterocycles. The Morgan fingerprint density at radius 1 is 1.44 bits per heavy atom. The third kappa shape index (κ3) is 5.35. The van der Waals surface area contributed by atoms with Gasteiger partial charge >= 0.3 is 5.97 Å². The molecular weight excluding hydrogens is 370 g/mol. The van der Waals surface area contributed by atoms with E-state index < -0.39 is 0 Å². The number of hydrogen-bond acceptors (Lipinski definition) is 6. The molecule has 0 saturated carbocycles. The number of carbonyl (C=O) groups is 2. The van der Waals surface area contributed by atoms with E-state index in [-0.39, 0.29) is 24.2 Å². The highest BCUT2D eigenvalue weighted by atomic mass is 35.5. The number of anilines is 1. The zero-order chi connectivity index (χ0) is 19.2. The summed E-state index contributed by atoms with van der Waals surface area (Å²) in [5.41, 5.74) is 1.43. The Morgan fingerprint density at radius 2 is 2.30 bits per heavy atom. The number of ether oxygens (including phenoxy) is 1. The zero-order valence-electron chi connectivity index (χ0n) is 15.4. The van der Waals surface area contributed by atoms with E-state index in [4.69, 9.17) is 20.8 Å². The van der Waals surface area contributed by atoms with Crippen molar-refractivity contribution in [2.75, 3.05) is 31.1 Å². The topological polar surface area (TPSA) is 84.7 Å². The van der Waals surface area contributed by atoms with Crippen LogP contribution in [0.5, 0.6) is 0 Å². The van der Waals surface area contributed by atoms with Crippen molar-refractivity contribution in [1.82, 2.24) is 10.3 Å². The number of benzene rings is 1. The molecule has 27 heavy (non-hydrogen) atoms. The summed E-state index contributed by atoms with van der Waals surface area (Å²) in [6, 6.07) is 5.95. The van der Waals surface area contributed by atoms with Crippen molar-refractivity contribution in [3.05, 3.63) is 23.2 Å². The first-order chi connectivity index (χ1) is 13.0. The van der Waals surface area contributed by atoms with Gasteiger partial charge < -0.3 is 19.4 Å². The fourth-order valence-electron chi connectivity index (χ4n) is 3.30. The summed E-state index contributed by atoms with van der Waals surface area (Å²) in [5.74, 6) is -0.117. The number of esters is 1. The number of hydrogen-bond donors (Lipinski definition) is 1. The van der Waals surface area contributed by atoms with Gasteiger partial charge in [0.15, 0.2) is 5.58 Å². The number of nitrogens with one attached hydrogen (secondary N) is 1. The van der Waals surface area contributed by atoms with Crippen LogP contribution in [0.25, 0.3) is 11.1 Å². The molecule has 1 unspecified atom stereocenters. The second-order valence-corrected chi connectivity index (χ2v) is 7.11. The van der Waals surface area contributed by atoms with Gasteiger partial charge in [0, 0.05) is 37.1 Å². The van der Waals surface area contributed by atoms with E-state index in [0.29, 0.717) is 42.7 Å². The van der Waals surface area contributed by atoms with Crippen molar-refractivity contribution in [3.63, 3.8) is 0 Å². The Hall–Kier alpha value is -2.28. The summed E-state index contributed by atoms with van der Waals surface area (Å²) >= 11 is 6.00. The molecule has 1 fully saturated rings. The molecular formula is C19H24ClN3O4. The Bertz CT molecular complexity index is 807. The van der Waals surface area contributed by atoms with Crippen molar-refractivity contribution >= 4 is 40.6 Å². The minimum Gasteiger partial charge on any atom is -0.466 e. The molecule has 1 amide bonds. The van der Waals surface area contributed by atoms with Crippen molar-refractivity contribution in [2.24, 2.45) is 5.92 Å². The molecule has 0 radical (unpaired) electrons. The van der Waals surface area contributed by atoms with E-state index in [1.54, 1.807) is 19.1 Å². The van der Waals surface area contributed by atoms with E-state index in [9.17, 15) is 9.59 Å². The summed E-state index contributed by atoms with van der Waals surface area (Å²) in [6.07, 6.45) is 2.57. The molecule has 2 aromatic rings. The van der Waals surface area contributed by atoms with Crippen molar-refractivity contribution in [2.45, 2.75) is 32.6 Å². The number of piperidine rings is 1. The number of carbonyl (C=O) groups excluding carboxylic acids is 2. The smallest absolute Gasteiger partial charge is 0.307 e. The molecule has 1 aliphatic rings. The predicted octanol–water partition coefficient (Wildman–Crippen LogP) is 3.16. The highest BCUT2D eigenvalue weighted by molar-refractivity contribution is 6.31. The van der Waals surface area contributed by atoms with Gasteiger partial charge in [-0.25, -0.2) is 0 Å². The predicted molar refractivity (Wildman–Crippen MR) is 103 cm³/mol. The normalized spacial score (nSPS) is 17.1. The molecule has 0 bridgehead atoms. The fourth-order valence-corrected chi connectivity index (χ4v) is 3.46. The van der Waals surface area contributed by atoms with E-state index in [1.165, 1.54) is 0 Å². The Balaban J connectivity index is 1.51. The maximum Gasteiger partial charge on any atom is 0.307 e. The maximum absolute atomic E-state index is 12.1. The average molecular weight is 394 g/mol. The molecule has 7 nitrogen and oxygen atoms in total. The first kappa shape index (κ1) is 19.5. The SMILES string of the molecule is CCOC(=O)CCNC(=O)CC1CCCN(c2nc3ccc(Cl)cc3o2)C1. The van der Waals surface area contributed by atoms with E-state index in [2.05, 4.69) is 15.2 Å². The number of halogens is 1. The third-order valence-electron chi connectivity index (χ3n) is 4.56. The second kappa shape index (κ2) is 9.08. The molecule has 1 aromatic carbocycles. The van der Waals surface area contributed by atoms with E-state index in [1.807, 2.05) is 6.07 Å². The molecule has 3 rings (SSSR count). The van der Waals surface area contributed by atoms with Crippen LogP contribution in [0.4, 0.5) is 6.01 Å². The van der Waals surface area contributed by atoms with Crippen LogP contribution in [0.1, 0.15) is 32.6 Å². The van der Waals surface area contributed by atoms with Gasteiger partial charge in [-0.15, -0.1) is 0 Å². The number of nitrogens with zero attached hydrogens (tertiary/aromatic N) is 2.